The fourth-order valence-corrected chi connectivity index (χ4v) is 2.57. The number of Topliss-reactive ketones (excluding diaryl/α,β-unsaturated/α-hetero) is 1. The van der Waals surface area contributed by atoms with Crippen LogP contribution in [0.25, 0.3) is 0 Å². The molecular weight excluding hydrogens is 342 g/mol. The van der Waals surface area contributed by atoms with E-state index < -0.39 is 34.6 Å². The van der Waals surface area contributed by atoms with Crippen molar-refractivity contribution in [1.29, 1.82) is 0 Å². The van der Waals surface area contributed by atoms with Crippen molar-refractivity contribution in [2.45, 2.75) is 19.8 Å². The van der Waals surface area contributed by atoms with Crippen LogP contribution in [0.3, 0.4) is 0 Å². The molecular formula is C19H16F2N2O3. The Labute approximate surface area is 148 Å². The third-order valence-corrected chi connectivity index (χ3v) is 4.37. The highest BCUT2D eigenvalue weighted by molar-refractivity contribution is 6.17. The quantitative estimate of drug-likeness (QED) is 0.634. The standard InChI is InChI=1S/C19H16F2N2O3/c1-11(24)12-5-7-13(8-6-12)22-17(25)19(9-10-19)18(26)23-16-14(20)3-2-4-15(16)21/h2-8H,9-10H2,1H3,(H,22,25)(H,23,26). The second-order valence-electron chi connectivity index (χ2n) is 6.22. The van der Waals surface area contributed by atoms with Gasteiger partial charge in [-0.25, -0.2) is 8.78 Å². The van der Waals surface area contributed by atoms with Gasteiger partial charge in [0.15, 0.2) is 5.78 Å². The highest BCUT2D eigenvalue weighted by Crippen LogP contribution is 2.47. The van der Waals surface area contributed by atoms with E-state index in [9.17, 15) is 23.2 Å². The lowest BCUT2D eigenvalue weighted by Crippen LogP contribution is -2.36. The van der Waals surface area contributed by atoms with Gasteiger partial charge in [0.25, 0.3) is 0 Å². The predicted octanol–water partition coefficient (Wildman–Crippen LogP) is 3.52. The molecule has 1 fully saturated rings. The molecule has 0 bridgehead atoms. The molecule has 2 amide bonds. The third-order valence-electron chi connectivity index (χ3n) is 4.37. The fourth-order valence-electron chi connectivity index (χ4n) is 2.57. The summed E-state index contributed by atoms with van der Waals surface area (Å²) in [7, 11) is 0. The molecule has 0 aromatic heterocycles. The number of rotatable bonds is 5. The minimum atomic E-state index is -1.35. The van der Waals surface area contributed by atoms with Crippen LogP contribution in [0.5, 0.6) is 0 Å². The van der Waals surface area contributed by atoms with E-state index in [2.05, 4.69) is 10.6 Å². The van der Waals surface area contributed by atoms with E-state index in [1.165, 1.54) is 13.0 Å². The monoisotopic (exact) mass is 358 g/mol. The molecule has 2 N–H and O–H groups in total. The molecule has 5 nitrogen and oxygen atoms in total. The Morgan fingerprint density at radius 1 is 0.885 bits per heavy atom. The van der Waals surface area contributed by atoms with Crippen molar-refractivity contribution in [2.24, 2.45) is 5.41 Å². The van der Waals surface area contributed by atoms with Crippen LogP contribution in [0.15, 0.2) is 42.5 Å². The molecule has 26 heavy (non-hydrogen) atoms. The second-order valence-corrected chi connectivity index (χ2v) is 6.22. The van der Waals surface area contributed by atoms with Crippen LogP contribution < -0.4 is 10.6 Å². The van der Waals surface area contributed by atoms with Crippen molar-refractivity contribution < 1.29 is 23.2 Å². The number of amides is 2. The summed E-state index contributed by atoms with van der Waals surface area (Å²) in [5.41, 5.74) is -0.996. The van der Waals surface area contributed by atoms with Crippen LogP contribution >= 0.6 is 0 Å². The molecule has 1 saturated carbocycles. The molecule has 0 atom stereocenters. The van der Waals surface area contributed by atoms with Gasteiger partial charge in [0.05, 0.1) is 0 Å². The van der Waals surface area contributed by atoms with Gasteiger partial charge < -0.3 is 10.6 Å². The number of benzene rings is 2. The fraction of sp³-hybridized carbons (Fsp3) is 0.211. The van der Waals surface area contributed by atoms with Crippen molar-refractivity contribution >= 4 is 29.0 Å². The molecule has 1 aliphatic carbocycles. The zero-order valence-electron chi connectivity index (χ0n) is 13.9. The summed E-state index contributed by atoms with van der Waals surface area (Å²) in [6, 6.07) is 9.46. The third kappa shape index (κ3) is 3.33. The smallest absolute Gasteiger partial charge is 0.240 e. The Kier molecular flexibility index (Phi) is 4.54. The molecule has 0 aliphatic heterocycles. The Bertz CT molecular complexity index is 870. The van der Waals surface area contributed by atoms with Gasteiger partial charge in [-0.3, -0.25) is 14.4 Å². The second kappa shape index (κ2) is 6.67. The number of hydrogen-bond acceptors (Lipinski definition) is 3. The largest absolute Gasteiger partial charge is 0.325 e. The summed E-state index contributed by atoms with van der Waals surface area (Å²) in [5.74, 6) is -3.22. The Balaban J connectivity index is 1.72. The van der Waals surface area contributed by atoms with Gasteiger partial charge >= 0.3 is 0 Å². The van der Waals surface area contributed by atoms with Crippen molar-refractivity contribution in [3.8, 4) is 0 Å². The van der Waals surface area contributed by atoms with Gasteiger partial charge in [0, 0.05) is 11.3 Å². The summed E-state index contributed by atoms with van der Waals surface area (Å²) in [5, 5.41) is 4.79. The van der Waals surface area contributed by atoms with Crippen LogP contribution in [0.2, 0.25) is 0 Å². The van der Waals surface area contributed by atoms with Gasteiger partial charge in [-0.15, -0.1) is 0 Å². The highest BCUT2D eigenvalue weighted by atomic mass is 19.1. The van der Waals surface area contributed by atoms with E-state index in [4.69, 9.17) is 0 Å². The van der Waals surface area contributed by atoms with Gasteiger partial charge in [-0.2, -0.15) is 0 Å². The number of anilines is 2. The predicted molar refractivity (Wildman–Crippen MR) is 91.7 cm³/mol. The number of carbonyl (C=O) groups excluding carboxylic acids is 3. The molecule has 3 rings (SSSR count). The number of nitrogens with one attached hydrogen (secondary N) is 2. The zero-order valence-corrected chi connectivity index (χ0v) is 13.9. The average molecular weight is 358 g/mol. The summed E-state index contributed by atoms with van der Waals surface area (Å²) < 4.78 is 27.4. The minimum absolute atomic E-state index is 0.104. The molecule has 0 spiro atoms. The van der Waals surface area contributed by atoms with Gasteiger partial charge in [0.1, 0.15) is 22.7 Å². The summed E-state index contributed by atoms with van der Waals surface area (Å²) in [6.07, 6.45) is 0.568. The SMILES string of the molecule is CC(=O)c1ccc(NC(=O)C2(C(=O)Nc3c(F)cccc3F)CC2)cc1. The molecule has 7 heteroatoms. The highest BCUT2D eigenvalue weighted by Gasteiger charge is 2.56. The minimum Gasteiger partial charge on any atom is -0.325 e. The van der Waals surface area contributed by atoms with Gasteiger partial charge in [-0.05, 0) is 56.2 Å². The van der Waals surface area contributed by atoms with Crippen LogP contribution in [-0.4, -0.2) is 17.6 Å². The first-order chi connectivity index (χ1) is 12.3. The summed E-state index contributed by atoms with van der Waals surface area (Å²) in [6.45, 7) is 1.43. The normalized spacial score (nSPS) is 14.4. The lowest BCUT2D eigenvalue weighted by Gasteiger charge is -2.16. The first-order valence-corrected chi connectivity index (χ1v) is 8.01. The van der Waals surface area contributed by atoms with Crippen LogP contribution in [0, 0.1) is 17.0 Å². The van der Waals surface area contributed by atoms with Crippen molar-refractivity contribution in [1.82, 2.24) is 0 Å². The average Bonchev–Trinajstić information content (AvgIpc) is 3.40. The first kappa shape index (κ1) is 17.7. The molecule has 0 radical (unpaired) electrons. The first-order valence-electron chi connectivity index (χ1n) is 8.01. The van der Waals surface area contributed by atoms with Crippen molar-refractivity contribution in [3.05, 3.63) is 59.7 Å². The van der Waals surface area contributed by atoms with E-state index in [0.717, 1.165) is 12.1 Å². The molecule has 2 aromatic rings. The molecule has 1 aliphatic rings. The zero-order chi connectivity index (χ0) is 18.9. The maximum absolute atomic E-state index is 13.7. The van der Waals surface area contributed by atoms with E-state index in [1.54, 1.807) is 24.3 Å². The van der Waals surface area contributed by atoms with Crippen molar-refractivity contribution in [2.75, 3.05) is 10.6 Å². The lowest BCUT2D eigenvalue weighted by molar-refractivity contribution is -0.131. The summed E-state index contributed by atoms with van der Waals surface area (Å²) >= 11 is 0. The Morgan fingerprint density at radius 3 is 1.92 bits per heavy atom. The van der Waals surface area contributed by atoms with E-state index in [0.29, 0.717) is 11.3 Å². The number of para-hydroxylation sites is 1. The van der Waals surface area contributed by atoms with E-state index in [1.807, 2.05) is 0 Å². The molecule has 2 aromatic carbocycles. The van der Waals surface area contributed by atoms with Crippen molar-refractivity contribution in [3.63, 3.8) is 0 Å². The maximum atomic E-state index is 13.7. The molecule has 0 heterocycles. The number of ketones is 1. The van der Waals surface area contributed by atoms with Gasteiger partial charge in [-0.1, -0.05) is 6.07 Å². The molecule has 0 unspecified atom stereocenters. The van der Waals surface area contributed by atoms with Crippen LogP contribution in [0.4, 0.5) is 20.2 Å². The Morgan fingerprint density at radius 2 is 1.42 bits per heavy atom. The Hall–Kier alpha value is -3.09. The van der Waals surface area contributed by atoms with Gasteiger partial charge in [0.2, 0.25) is 11.8 Å². The van der Waals surface area contributed by atoms with Crippen LogP contribution in [-0.2, 0) is 9.59 Å². The number of carbonyl (C=O) groups is 3. The molecule has 0 saturated heterocycles. The van der Waals surface area contributed by atoms with E-state index in [-0.39, 0.29) is 18.6 Å². The van der Waals surface area contributed by atoms with Crippen LogP contribution in [0.1, 0.15) is 30.1 Å². The lowest BCUT2D eigenvalue weighted by atomic mass is 10.0. The number of hydrogen-bond donors (Lipinski definition) is 2. The molecule has 134 valence electrons. The number of halogens is 2. The topological polar surface area (TPSA) is 75.3 Å². The maximum Gasteiger partial charge on any atom is 0.240 e. The van der Waals surface area contributed by atoms with E-state index >= 15 is 0 Å². The summed E-state index contributed by atoms with van der Waals surface area (Å²) in [4.78, 5) is 36.2.